The Morgan fingerprint density at radius 2 is 1.90 bits per heavy atom. The number of carbonyl (C=O) groups excluding carboxylic acids is 1. The zero-order valence-corrected chi connectivity index (χ0v) is 19.0. The first kappa shape index (κ1) is 21.1. The summed E-state index contributed by atoms with van der Waals surface area (Å²) in [6, 6.07) is 15.7. The van der Waals surface area contributed by atoms with Crippen molar-refractivity contribution in [3.8, 4) is 11.3 Å². The second-order valence-electron chi connectivity index (χ2n) is 7.61. The molecule has 1 N–H and O–H groups in total. The number of amides is 1. The molecule has 0 fully saturated rings. The van der Waals surface area contributed by atoms with Gasteiger partial charge in [-0.05, 0) is 54.8 Å². The van der Waals surface area contributed by atoms with E-state index in [9.17, 15) is 9.59 Å². The first-order valence-electron chi connectivity index (χ1n) is 10.1. The van der Waals surface area contributed by atoms with Crippen molar-refractivity contribution in [3.05, 3.63) is 92.4 Å². The van der Waals surface area contributed by atoms with E-state index in [-0.39, 0.29) is 17.9 Å². The number of nitrogens with zero attached hydrogens (tertiary/aromatic N) is 3. The molecule has 0 aliphatic heterocycles. The number of hydrogen-bond acceptors (Lipinski definition) is 3. The minimum Gasteiger partial charge on any atom is -0.352 e. The maximum Gasteiger partial charge on any atom is 0.276 e. The lowest BCUT2D eigenvalue weighted by Crippen LogP contribution is -2.27. The molecule has 7 heteroatoms. The molecule has 2 aromatic heterocycles. The molecule has 0 aliphatic carbocycles. The van der Waals surface area contributed by atoms with Gasteiger partial charge in [0.05, 0.1) is 5.69 Å². The van der Waals surface area contributed by atoms with Crippen molar-refractivity contribution in [1.82, 2.24) is 19.5 Å². The normalized spacial score (nSPS) is 11.1. The number of aryl methyl sites for hydroxylation is 3. The first-order chi connectivity index (χ1) is 14.9. The van der Waals surface area contributed by atoms with Crippen LogP contribution in [-0.4, -0.2) is 20.1 Å². The summed E-state index contributed by atoms with van der Waals surface area (Å²) in [6.45, 7) is 4.89. The van der Waals surface area contributed by atoms with Crippen LogP contribution in [0.3, 0.4) is 0 Å². The highest BCUT2D eigenvalue weighted by Crippen LogP contribution is 2.21. The summed E-state index contributed by atoms with van der Waals surface area (Å²) >= 11 is 3.42. The zero-order chi connectivity index (χ0) is 22.0. The summed E-state index contributed by atoms with van der Waals surface area (Å²) < 4.78 is 4.12. The maximum absolute atomic E-state index is 12.9. The molecular weight excluding hydrogens is 456 g/mol. The fraction of sp³-hybridized carbons (Fsp3) is 0.208. The Morgan fingerprint density at radius 1 is 1.06 bits per heavy atom. The molecule has 31 heavy (non-hydrogen) atoms. The van der Waals surface area contributed by atoms with Gasteiger partial charge in [-0.1, -0.05) is 40.2 Å². The van der Waals surface area contributed by atoms with Crippen LogP contribution < -0.4 is 10.9 Å². The van der Waals surface area contributed by atoms with Gasteiger partial charge in [0.25, 0.3) is 5.56 Å². The second-order valence-corrected chi connectivity index (χ2v) is 8.53. The summed E-state index contributed by atoms with van der Waals surface area (Å²) in [5.41, 5.74) is 5.47. The molecule has 158 valence electrons. The van der Waals surface area contributed by atoms with Crippen LogP contribution in [0.2, 0.25) is 0 Å². The van der Waals surface area contributed by atoms with E-state index in [0.717, 1.165) is 21.3 Å². The van der Waals surface area contributed by atoms with Crippen molar-refractivity contribution in [2.75, 3.05) is 0 Å². The Kier molecular flexibility index (Phi) is 6.04. The molecule has 0 saturated carbocycles. The minimum atomic E-state index is -0.162. The van der Waals surface area contributed by atoms with Gasteiger partial charge in [0.2, 0.25) is 5.91 Å². The molecule has 0 atom stereocenters. The van der Waals surface area contributed by atoms with Crippen LogP contribution in [0.15, 0.2) is 70.2 Å². The molecule has 2 heterocycles. The van der Waals surface area contributed by atoms with E-state index in [1.807, 2.05) is 30.3 Å². The highest BCUT2D eigenvalue weighted by atomic mass is 79.9. The first-order valence-corrected chi connectivity index (χ1v) is 10.9. The molecule has 0 aliphatic rings. The third-order valence-electron chi connectivity index (χ3n) is 5.36. The van der Waals surface area contributed by atoms with E-state index in [2.05, 4.69) is 52.3 Å². The van der Waals surface area contributed by atoms with Gasteiger partial charge in [-0.2, -0.15) is 5.10 Å². The molecule has 0 spiro atoms. The van der Waals surface area contributed by atoms with Gasteiger partial charge < -0.3 is 9.88 Å². The van der Waals surface area contributed by atoms with Gasteiger partial charge in [0.1, 0.15) is 5.52 Å². The van der Waals surface area contributed by atoms with Gasteiger partial charge in [0.15, 0.2) is 0 Å². The predicted octanol–water partition coefficient (Wildman–Crippen LogP) is 4.25. The van der Waals surface area contributed by atoms with E-state index in [1.54, 1.807) is 27.5 Å². The van der Waals surface area contributed by atoms with Crippen molar-refractivity contribution >= 4 is 27.4 Å². The number of halogens is 1. The van der Waals surface area contributed by atoms with E-state index in [1.165, 1.54) is 11.1 Å². The summed E-state index contributed by atoms with van der Waals surface area (Å²) in [6.07, 6.45) is 3.65. The third-order valence-corrected chi connectivity index (χ3v) is 5.86. The van der Waals surface area contributed by atoms with Crippen molar-refractivity contribution in [1.29, 1.82) is 0 Å². The number of benzene rings is 2. The summed E-state index contributed by atoms with van der Waals surface area (Å²) in [7, 11) is 0. The summed E-state index contributed by atoms with van der Waals surface area (Å²) in [5, 5.41) is 7.44. The van der Waals surface area contributed by atoms with Gasteiger partial charge in [0, 0.05) is 41.9 Å². The van der Waals surface area contributed by atoms with Gasteiger partial charge >= 0.3 is 0 Å². The molecule has 0 saturated heterocycles. The molecular formula is C24H23BrN4O2. The summed E-state index contributed by atoms with van der Waals surface area (Å²) in [5.74, 6) is -0.101. The van der Waals surface area contributed by atoms with Gasteiger partial charge in [-0.15, -0.1) is 0 Å². The van der Waals surface area contributed by atoms with E-state index in [0.29, 0.717) is 18.6 Å². The van der Waals surface area contributed by atoms with Crippen LogP contribution in [0.1, 0.15) is 23.1 Å². The Balaban J connectivity index is 1.46. The molecule has 0 radical (unpaired) electrons. The Labute approximate surface area is 188 Å². The quantitative estimate of drug-likeness (QED) is 0.450. The number of fused-ring (bicyclic) bond motifs is 1. The Morgan fingerprint density at radius 3 is 2.68 bits per heavy atom. The van der Waals surface area contributed by atoms with Crippen LogP contribution >= 0.6 is 15.9 Å². The fourth-order valence-corrected chi connectivity index (χ4v) is 3.85. The van der Waals surface area contributed by atoms with Crippen LogP contribution in [0.5, 0.6) is 0 Å². The predicted molar refractivity (Wildman–Crippen MR) is 125 cm³/mol. The number of rotatable bonds is 6. The number of carbonyl (C=O) groups is 1. The number of aromatic nitrogens is 3. The highest BCUT2D eigenvalue weighted by molar-refractivity contribution is 9.10. The molecule has 6 nitrogen and oxygen atoms in total. The van der Waals surface area contributed by atoms with Gasteiger partial charge in [-0.3, -0.25) is 9.59 Å². The van der Waals surface area contributed by atoms with Crippen molar-refractivity contribution in [3.63, 3.8) is 0 Å². The van der Waals surface area contributed by atoms with Gasteiger partial charge in [-0.25, -0.2) is 4.52 Å². The van der Waals surface area contributed by atoms with E-state index in [4.69, 9.17) is 0 Å². The zero-order valence-electron chi connectivity index (χ0n) is 17.4. The SMILES string of the molecule is Cc1ccc(-c2cc3c(=O)n(CCC(=O)NCc4cccc(Br)c4)ccn3n2)cc1C. The fourth-order valence-electron chi connectivity index (χ4n) is 3.40. The number of hydrogen-bond donors (Lipinski definition) is 1. The third kappa shape index (κ3) is 4.77. The average molecular weight is 479 g/mol. The lowest BCUT2D eigenvalue weighted by molar-refractivity contribution is -0.121. The molecule has 1 amide bonds. The molecule has 0 bridgehead atoms. The average Bonchev–Trinajstić information content (AvgIpc) is 3.19. The summed E-state index contributed by atoms with van der Waals surface area (Å²) in [4.78, 5) is 25.1. The van der Waals surface area contributed by atoms with Crippen molar-refractivity contribution in [2.45, 2.75) is 33.4 Å². The molecule has 2 aromatic carbocycles. The largest absolute Gasteiger partial charge is 0.352 e. The Hall–Kier alpha value is -3.19. The monoisotopic (exact) mass is 478 g/mol. The smallest absolute Gasteiger partial charge is 0.276 e. The van der Waals surface area contributed by atoms with E-state index >= 15 is 0 Å². The lowest BCUT2D eigenvalue weighted by Gasteiger charge is -2.08. The highest BCUT2D eigenvalue weighted by Gasteiger charge is 2.11. The second kappa shape index (κ2) is 8.89. The van der Waals surface area contributed by atoms with Crippen molar-refractivity contribution in [2.24, 2.45) is 0 Å². The minimum absolute atomic E-state index is 0.101. The molecule has 4 rings (SSSR count). The molecule has 0 unspecified atom stereocenters. The molecule has 4 aromatic rings. The van der Waals surface area contributed by atoms with Crippen LogP contribution in [0, 0.1) is 13.8 Å². The maximum atomic E-state index is 12.9. The van der Waals surface area contributed by atoms with Crippen LogP contribution in [-0.2, 0) is 17.9 Å². The Bertz CT molecular complexity index is 1320. The van der Waals surface area contributed by atoms with E-state index < -0.39 is 0 Å². The topological polar surface area (TPSA) is 68.4 Å². The number of nitrogens with one attached hydrogen (secondary N) is 1. The van der Waals surface area contributed by atoms with Crippen LogP contribution in [0.25, 0.3) is 16.8 Å². The standard InChI is InChI=1S/C24H23BrN4O2/c1-16-6-7-19(12-17(16)2)21-14-22-24(31)28(10-11-29(22)27-21)9-8-23(30)26-15-18-4-3-5-20(25)13-18/h3-7,10-14H,8-9,15H2,1-2H3,(H,26,30). The lowest BCUT2D eigenvalue weighted by atomic mass is 10.0. The van der Waals surface area contributed by atoms with Crippen molar-refractivity contribution < 1.29 is 4.79 Å². The van der Waals surface area contributed by atoms with Crippen LogP contribution in [0.4, 0.5) is 0 Å².